The minimum Gasteiger partial charge on any atom is -0.495 e. The molecular formula is C22H21ClN2O4S2. The third kappa shape index (κ3) is 6.65. The number of carbonyl (C=O) groups is 1. The molecule has 0 aliphatic heterocycles. The number of thioether (sulfide) groups is 1. The predicted octanol–water partition coefficient (Wildman–Crippen LogP) is 5.02. The van der Waals surface area contributed by atoms with E-state index in [0.29, 0.717) is 27.9 Å². The lowest BCUT2D eigenvalue weighted by Gasteiger charge is -2.12. The van der Waals surface area contributed by atoms with E-state index in [0.717, 1.165) is 5.56 Å². The van der Waals surface area contributed by atoms with Crippen LogP contribution in [0.2, 0.25) is 5.02 Å². The Bertz CT molecular complexity index is 1170. The van der Waals surface area contributed by atoms with Gasteiger partial charge in [0, 0.05) is 16.5 Å². The fourth-order valence-electron chi connectivity index (χ4n) is 2.76. The molecule has 3 aromatic carbocycles. The van der Waals surface area contributed by atoms with Crippen LogP contribution in [-0.2, 0) is 20.6 Å². The molecule has 3 aromatic rings. The number of para-hydroxylation sites is 2. The zero-order chi connectivity index (χ0) is 22.3. The fourth-order valence-corrected chi connectivity index (χ4v) is 4.86. The van der Waals surface area contributed by atoms with Crippen molar-refractivity contribution in [2.24, 2.45) is 0 Å². The Morgan fingerprint density at radius 3 is 2.58 bits per heavy atom. The van der Waals surface area contributed by atoms with E-state index in [1.807, 2.05) is 18.2 Å². The number of rotatable bonds is 9. The maximum Gasteiger partial charge on any atom is 0.262 e. The topological polar surface area (TPSA) is 84.5 Å². The molecule has 3 rings (SSSR count). The molecule has 0 radical (unpaired) electrons. The molecule has 0 aromatic heterocycles. The minimum atomic E-state index is -3.86. The van der Waals surface area contributed by atoms with Crippen molar-refractivity contribution in [2.75, 3.05) is 22.9 Å². The van der Waals surface area contributed by atoms with Crippen molar-refractivity contribution in [1.82, 2.24) is 0 Å². The zero-order valence-corrected chi connectivity index (χ0v) is 19.1. The minimum absolute atomic E-state index is 0.0304. The van der Waals surface area contributed by atoms with Gasteiger partial charge in [-0.3, -0.25) is 9.52 Å². The molecule has 6 nitrogen and oxygen atoms in total. The van der Waals surface area contributed by atoms with E-state index in [1.54, 1.807) is 42.5 Å². The number of methoxy groups -OCH3 is 1. The van der Waals surface area contributed by atoms with Crippen LogP contribution in [0, 0.1) is 0 Å². The molecule has 0 spiro atoms. The molecule has 0 saturated heterocycles. The molecule has 2 N–H and O–H groups in total. The second kappa shape index (κ2) is 10.6. The SMILES string of the molecule is COc1ccccc1NS(=O)(=O)c1cccc(NC(=O)CSCc2cccc(Cl)c2)c1. The molecule has 0 saturated carbocycles. The van der Waals surface area contributed by atoms with Crippen LogP contribution in [0.1, 0.15) is 5.56 Å². The summed E-state index contributed by atoms with van der Waals surface area (Å²) in [6.07, 6.45) is 0. The Morgan fingerprint density at radius 2 is 1.81 bits per heavy atom. The number of amides is 1. The number of nitrogens with one attached hydrogen (secondary N) is 2. The number of benzene rings is 3. The van der Waals surface area contributed by atoms with Gasteiger partial charge in [-0.15, -0.1) is 11.8 Å². The average Bonchev–Trinajstić information content (AvgIpc) is 2.74. The van der Waals surface area contributed by atoms with Crippen LogP contribution in [0.3, 0.4) is 0 Å². The third-order valence-electron chi connectivity index (χ3n) is 4.17. The summed E-state index contributed by atoms with van der Waals surface area (Å²) < 4.78 is 33.2. The van der Waals surface area contributed by atoms with E-state index in [4.69, 9.17) is 16.3 Å². The van der Waals surface area contributed by atoms with Gasteiger partial charge in [-0.05, 0) is 48.0 Å². The van der Waals surface area contributed by atoms with Gasteiger partial charge < -0.3 is 10.1 Å². The van der Waals surface area contributed by atoms with Crippen molar-refractivity contribution in [3.8, 4) is 5.75 Å². The van der Waals surface area contributed by atoms with Crippen molar-refractivity contribution in [2.45, 2.75) is 10.6 Å². The first-order chi connectivity index (χ1) is 14.9. The van der Waals surface area contributed by atoms with Gasteiger partial charge >= 0.3 is 0 Å². The first-order valence-corrected chi connectivity index (χ1v) is 12.3. The van der Waals surface area contributed by atoms with Crippen molar-refractivity contribution in [3.63, 3.8) is 0 Å². The van der Waals surface area contributed by atoms with Gasteiger partial charge in [-0.1, -0.05) is 41.9 Å². The molecule has 0 heterocycles. The molecule has 1 amide bonds. The molecule has 0 fully saturated rings. The van der Waals surface area contributed by atoms with E-state index in [-0.39, 0.29) is 16.6 Å². The van der Waals surface area contributed by atoms with Crippen LogP contribution in [0.5, 0.6) is 5.75 Å². The highest BCUT2D eigenvalue weighted by Gasteiger charge is 2.17. The standard InChI is InChI=1S/C22H21ClN2O4S2/c1-29-21-11-3-2-10-20(21)25-31(27,28)19-9-5-8-18(13-19)24-22(26)15-30-14-16-6-4-7-17(23)12-16/h2-13,25H,14-15H2,1H3,(H,24,26). The Balaban J connectivity index is 1.62. The second-order valence-corrected chi connectivity index (χ2v) is 9.61. The highest BCUT2D eigenvalue weighted by atomic mass is 35.5. The highest BCUT2D eigenvalue weighted by Crippen LogP contribution is 2.27. The normalized spacial score (nSPS) is 11.0. The first kappa shape index (κ1) is 23.0. The van der Waals surface area contributed by atoms with E-state index in [2.05, 4.69) is 10.0 Å². The Morgan fingerprint density at radius 1 is 1.03 bits per heavy atom. The van der Waals surface area contributed by atoms with E-state index in [1.165, 1.54) is 31.0 Å². The molecule has 0 bridgehead atoms. The lowest BCUT2D eigenvalue weighted by molar-refractivity contribution is -0.113. The van der Waals surface area contributed by atoms with Gasteiger partial charge in [-0.25, -0.2) is 8.42 Å². The van der Waals surface area contributed by atoms with Crippen LogP contribution in [0.15, 0.2) is 77.7 Å². The molecule has 9 heteroatoms. The Labute approximate surface area is 191 Å². The maximum atomic E-state index is 12.8. The molecular weight excluding hydrogens is 456 g/mol. The van der Waals surface area contributed by atoms with Crippen molar-refractivity contribution in [1.29, 1.82) is 0 Å². The third-order valence-corrected chi connectivity index (χ3v) is 6.77. The summed E-state index contributed by atoms with van der Waals surface area (Å²) in [4.78, 5) is 12.3. The summed E-state index contributed by atoms with van der Waals surface area (Å²) in [5.41, 5.74) is 1.76. The van der Waals surface area contributed by atoms with Gasteiger partial charge in [0.15, 0.2) is 0 Å². The van der Waals surface area contributed by atoms with Crippen molar-refractivity contribution < 1.29 is 17.9 Å². The van der Waals surface area contributed by atoms with Gasteiger partial charge in [0.2, 0.25) is 5.91 Å². The largest absolute Gasteiger partial charge is 0.495 e. The zero-order valence-electron chi connectivity index (χ0n) is 16.7. The maximum absolute atomic E-state index is 12.8. The molecule has 0 atom stereocenters. The summed E-state index contributed by atoms with van der Waals surface area (Å²) in [7, 11) is -2.39. The first-order valence-electron chi connectivity index (χ1n) is 9.25. The predicted molar refractivity (Wildman–Crippen MR) is 126 cm³/mol. The number of ether oxygens (including phenoxy) is 1. The summed E-state index contributed by atoms with van der Waals surface area (Å²) in [5, 5.41) is 3.39. The summed E-state index contributed by atoms with van der Waals surface area (Å²) in [6, 6.07) is 20.3. The number of carbonyl (C=O) groups excluding carboxylic acids is 1. The molecule has 0 aliphatic carbocycles. The number of sulfonamides is 1. The number of anilines is 2. The summed E-state index contributed by atoms with van der Waals surface area (Å²) in [5.74, 6) is 1.06. The highest BCUT2D eigenvalue weighted by molar-refractivity contribution is 7.99. The number of hydrogen-bond acceptors (Lipinski definition) is 5. The average molecular weight is 477 g/mol. The van der Waals surface area contributed by atoms with Crippen molar-refractivity contribution >= 4 is 50.7 Å². The smallest absolute Gasteiger partial charge is 0.262 e. The van der Waals surface area contributed by atoms with Gasteiger partial charge in [0.05, 0.1) is 23.4 Å². The van der Waals surface area contributed by atoms with Crippen LogP contribution in [0.25, 0.3) is 0 Å². The molecule has 162 valence electrons. The summed E-state index contributed by atoms with van der Waals surface area (Å²) in [6.45, 7) is 0. The van der Waals surface area contributed by atoms with Crippen LogP contribution in [-0.4, -0.2) is 27.2 Å². The summed E-state index contributed by atoms with van der Waals surface area (Å²) >= 11 is 7.41. The van der Waals surface area contributed by atoms with E-state index >= 15 is 0 Å². The molecule has 31 heavy (non-hydrogen) atoms. The van der Waals surface area contributed by atoms with Crippen LogP contribution >= 0.6 is 23.4 Å². The van der Waals surface area contributed by atoms with Crippen molar-refractivity contribution in [3.05, 3.63) is 83.4 Å². The Kier molecular flexibility index (Phi) is 7.84. The lowest BCUT2D eigenvalue weighted by atomic mass is 10.2. The van der Waals surface area contributed by atoms with Gasteiger partial charge in [-0.2, -0.15) is 0 Å². The van der Waals surface area contributed by atoms with Crippen LogP contribution < -0.4 is 14.8 Å². The van der Waals surface area contributed by atoms with Crippen LogP contribution in [0.4, 0.5) is 11.4 Å². The monoisotopic (exact) mass is 476 g/mol. The molecule has 0 aliphatic rings. The van der Waals surface area contributed by atoms with Gasteiger partial charge in [0.25, 0.3) is 10.0 Å². The lowest BCUT2D eigenvalue weighted by Crippen LogP contribution is -2.16. The molecule has 0 unspecified atom stereocenters. The quantitative estimate of drug-likeness (QED) is 0.453. The number of halogens is 1. The second-order valence-electron chi connectivity index (χ2n) is 6.50. The van der Waals surface area contributed by atoms with E-state index < -0.39 is 10.0 Å². The van der Waals surface area contributed by atoms with Gasteiger partial charge in [0.1, 0.15) is 5.75 Å². The Hall–Kier alpha value is -2.68. The van der Waals surface area contributed by atoms with E-state index in [9.17, 15) is 13.2 Å². The number of hydrogen-bond donors (Lipinski definition) is 2. The fraction of sp³-hybridized carbons (Fsp3) is 0.136.